The summed E-state index contributed by atoms with van der Waals surface area (Å²) < 4.78 is 0. The fraction of sp³-hybridized carbons (Fsp3) is 0.118. The van der Waals surface area contributed by atoms with Crippen molar-refractivity contribution in [3.8, 4) is 10.7 Å². The molecule has 3 aromatic rings. The van der Waals surface area contributed by atoms with Gasteiger partial charge in [0.25, 0.3) is 5.91 Å². The fourth-order valence-electron chi connectivity index (χ4n) is 1.97. The van der Waals surface area contributed by atoms with Crippen LogP contribution in [0.5, 0.6) is 0 Å². The van der Waals surface area contributed by atoms with Gasteiger partial charge in [0, 0.05) is 17.1 Å². The third kappa shape index (κ3) is 3.38. The van der Waals surface area contributed by atoms with Gasteiger partial charge in [-0.15, -0.1) is 11.3 Å². The molecule has 1 amide bonds. The van der Waals surface area contributed by atoms with Gasteiger partial charge >= 0.3 is 0 Å². The minimum absolute atomic E-state index is 0.0904. The molecule has 0 aliphatic carbocycles. The summed E-state index contributed by atoms with van der Waals surface area (Å²) in [5.74, 6) is -0.0904. The van der Waals surface area contributed by atoms with E-state index in [0.29, 0.717) is 12.1 Å². The van der Waals surface area contributed by atoms with E-state index < -0.39 is 0 Å². The first-order valence-electron chi connectivity index (χ1n) is 6.93. The molecule has 1 N–H and O–H groups in total. The van der Waals surface area contributed by atoms with Crippen LogP contribution in [-0.4, -0.2) is 15.9 Å². The summed E-state index contributed by atoms with van der Waals surface area (Å²) in [5.41, 5.74) is 3.48. The zero-order valence-corrected chi connectivity index (χ0v) is 12.9. The van der Waals surface area contributed by atoms with Crippen molar-refractivity contribution >= 4 is 17.2 Å². The number of aromatic nitrogens is 2. The number of nitrogens with zero attached hydrogens (tertiary/aromatic N) is 2. The van der Waals surface area contributed by atoms with E-state index in [0.717, 1.165) is 22.0 Å². The van der Waals surface area contributed by atoms with Crippen LogP contribution in [0.1, 0.15) is 21.6 Å². The Morgan fingerprint density at radius 1 is 1.18 bits per heavy atom. The average Bonchev–Trinajstić information content (AvgIpc) is 3.03. The van der Waals surface area contributed by atoms with Crippen molar-refractivity contribution in [2.24, 2.45) is 0 Å². The molecule has 0 aliphatic rings. The number of thiazole rings is 1. The van der Waals surface area contributed by atoms with Crippen LogP contribution in [0.3, 0.4) is 0 Å². The molecule has 0 spiro atoms. The molecule has 22 heavy (non-hydrogen) atoms. The van der Waals surface area contributed by atoms with E-state index in [9.17, 15) is 4.79 Å². The van der Waals surface area contributed by atoms with Gasteiger partial charge in [-0.3, -0.25) is 9.78 Å². The second kappa shape index (κ2) is 6.49. The number of carbonyl (C=O) groups is 1. The lowest BCUT2D eigenvalue weighted by molar-refractivity contribution is 0.0950. The lowest BCUT2D eigenvalue weighted by atomic mass is 10.1. The first-order valence-corrected chi connectivity index (χ1v) is 7.81. The quantitative estimate of drug-likeness (QED) is 0.803. The standard InChI is InChI=1S/C17H15N3OS/c1-12-5-7-13(8-6-12)16(21)19-10-14-11-22-17(20-14)15-4-2-3-9-18-15/h2-9,11H,10H2,1H3,(H,19,21). The summed E-state index contributed by atoms with van der Waals surface area (Å²) in [6, 6.07) is 13.2. The number of benzene rings is 1. The highest BCUT2D eigenvalue weighted by Gasteiger charge is 2.08. The Labute approximate surface area is 132 Å². The van der Waals surface area contributed by atoms with Gasteiger partial charge in [-0.05, 0) is 31.2 Å². The molecule has 0 saturated heterocycles. The molecule has 0 fully saturated rings. The number of nitrogens with one attached hydrogen (secondary N) is 1. The van der Waals surface area contributed by atoms with Crippen molar-refractivity contribution in [2.45, 2.75) is 13.5 Å². The highest BCUT2D eigenvalue weighted by atomic mass is 32.1. The first-order chi connectivity index (χ1) is 10.7. The largest absolute Gasteiger partial charge is 0.346 e. The zero-order valence-electron chi connectivity index (χ0n) is 12.1. The van der Waals surface area contributed by atoms with E-state index in [1.165, 1.54) is 11.3 Å². The molecule has 0 radical (unpaired) electrons. The maximum atomic E-state index is 12.1. The van der Waals surface area contributed by atoms with Crippen LogP contribution in [-0.2, 0) is 6.54 Å². The van der Waals surface area contributed by atoms with Crippen LogP contribution in [0.2, 0.25) is 0 Å². The van der Waals surface area contributed by atoms with Crippen molar-refractivity contribution in [3.05, 3.63) is 70.9 Å². The fourth-order valence-corrected chi connectivity index (χ4v) is 2.77. The number of aryl methyl sites for hydroxylation is 1. The molecule has 110 valence electrons. The summed E-state index contributed by atoms with van der Waals surface area (Å²) >= 11 is 1.53. The molecule has 0 bridgehead atoms. The van der Waals surface area contributed by atoms with Crippen LogP contribution >= 0.6 is 11.3 Å². The Morgan fingerprint density at radius 3 is 2.73 bits per heavy atom. The topological polar surface area (TPSA) is 54.9 Å². The number of hydrogen-bond acceptors (Lipinski definition) is 4. The third-order valence-electron chi connectivity index (χ3n) is 3.18. The van der Waals surface area contributed by atoms with E-state index in [4.69, 9.17) is 0 Å². The highest BCUT2D eigenvalue weighted by Crippen LogP contribution is 2.21. The lowest BCUT2D eigenvalue weighted by Crippen LogP contribution is -2.22. The average molecular weight is 309 g/mol. The number of hydrogen-bond donors (Lipinski definition) is 1. The molecule has 0 aliphatic heterocycles. The predicted octanol–water partition coefficient (Wildman–Crippen LogP) is 3.44. The molecule has 4 nitrogen and oxygen atoms in total. The Kier molecular flexibility index (Phi) is 4.25. The van der Waals surface area contributed by atoms with Crippen molar-refractivity contribution in [1.29, 1.82) is 0 Å². The van der Waals surface area contributed by atoms with Crippen LogP contribution in [0.15, 0.2) is 54.0 Å². The van der Waals surface area contributed by atoms with E-state index in [1.54, 1.807) is 6.20 Å². The molecular formula is C17H15N3OS. The predicted molar refractivity (Wildman–Crippen MR) is 87.7 cm³/mol. The summed E-state index contributed by atoms with van der Waals surface area (Å²) in [4.78, 5) is 20.8. The van der Waals surface area contributed by atoms with Crippen molar-refractivity contribution in [1.82, 2.24) is 15.3 Å². The second-order valence-electron chi connectivity index (χ2n) is 4.91. The Morgan fingerprint density at radius 2 is 2.00 bits per heavy atom. The molecule has 0 unspecified atom stereocenters. The molecule has 0 atom stereocenters. The van der Waals surface area contributed by atoms with Crippen molar-refractivity contribution < 1.29 is 4.79 Å². The van der Waals surface area contributed by atoms with Crippen LogP contribution in [0, 0.1) is 6.92 Å². The van der Waals surface area contributed by atoms with E-state index in [-0.39, 0.29) is 5.91 Å². The van der Waals surface area contributed by atoms with Crippen LogP contribution < -0.4 is 5.32 Å². The normalized spacial score (nSPS) is 10.4. The Bertz CT molecular complexity index is 766. The summed E-state index contributed by atoms with van der Waals surface area (Å²) in [6.07, 6.45) is 1.75. The molecule has 2 heterocycles. The van der Waals surface area contributed by atoms with Gasteiger partial charge in [-0.25, -0.2) is 4.98 Å². The first kappa shape index (κ1) is 14.4. The number of amides is 1. The van der Waals surface area contributed by atoms with Crippen LogP contribution in [0.25, 0.3) is 10.7 Å². The Hall–Kier alpha value is -2.53. The zero-order chi connectivity index (χ0) is 15.4. The number of rotatable bonds is 4. The second-order valence-corrected chi connectivity index (χ2v) is 5.77. The van der Waals surface area contributed by atoms with E-state index >= 15 is 0 Å². The third-order valence-corrected chi connectivity index (χ3v) is 4.09. The van der Waals surface area contributed by atoms with E-state index in [1.807, 2.05) is 54.8 Å². The van der Waals surface area contributed by atoms with Gasteiger partial charge in [0.15, 0.2) is 0 Å². The van der Waals surface area contributed by atoms with Crippen molar-refractivity contribution in [3.63, 3.8) is 0 Å². The molecule has 5 heteroatoms. The Balaban J connectivity index is 1.64. The van der Waals surface area contributed by atoms with Crippen molar-refractivity contribution in [2.75, 3.05) is 0 Å². The molecular weight excluding hydrogens is 294 g/mol. The molecule has 3 rings (SSSR count). The maximum absolute atomic E-state index is 12.1. The highest BCUT2D eigenvalue weighted by molar-refractivity contribution is 7.13. The van der Waals surface area contributed by atoms with Gasteiger partial charge in [0.05, 0.1) is 17.9 Å². The van der Waals surface area contributed by atoms with Gasteiger partial charge in [-0.2, -0.15) is 0 Å². The van der Waals surface area contributed by atoms with Crippen LogP contribution in [0.4, 0.5) is 0 Å². The molecule has 0 saturated carbocycles. The summed E-state index contributed by atoms with van der Waals surface area (Å²) in [5, 5.41) is 5.69. The SMILES string of the molecule is Cc1ccc(C(=O)NCc2csc(-c3ccccn3)n2)cc1. The van der Waals surface area contributed by atoms with Gasteiger partial charge in [-0.1, -0.05) is 23.8 Å². The van der Waals surface area contributed by atoms with E-state index in [2.05, 4.69) is 15.3 Å². The summed E-state index contributed by atoms with van der Waals surface area (Å²) in [6.45, 7) is 2.41. The maximum Gasteiger partial charge on any atom is 0.251 e. The number of pyridine rings is 1. The minimum atomic E-state index is -0.0904. The monoisotopic (exact) mass is 309 g/mol. The minimum Gasteiger partial charge on any atom is -0.346 e. The lowest BCUT2D eigenvalue weighted by Gasteiger charge is -2.03. The van der Waals surface area contributed by atoms with Gasteiger partial charge in [0.1, 0.15) is 5.01 Å². The summed E-state index contributed by atoms with van der Waals surface area (Å²) in [7, 11) is 0. The van der Waals surface area contributed by atoms with Gasteiger partial charge < -0.3 is 5.32 Å². The molecule has 1 aromatic carbocycles. The molecule has 2 aromatic heterocycles. The number of carbonyl (C=O) groups excluding carboxylic acids is 1. The van der Waals surface area contributed by atoms with Gasteiger partial charge in [0.2, 0.25) is 0 Å². The smallest absolute Gasteiger partial charge is 0.251 e.